The van der Waals surface area contributed by atoms with Crippen LogP contribution in [0.2, 0.25) is 5.02 Å². The fourth-order valence-corrected chi connectivity index (χ4v) is 2.79. The minimum absolute atomic E-state index is 0.731. The van der Waals surface area contributed by atoms with Crippen LogP contribution in [0.4, 0.5) is 5.69 Å². The summed E-state index contributed by atoms with van der Waals surface area (Å²) in [5.74, 6) is 0.816. The number of pyridine rings is 1. The second kappa shape index (κ2) is 7.37. The molecular formula is C20H19ClN2O. The monoisotopic (exact) mass is 338 g/mol. The molecular weight excluding hydrogens is 320 g/mol. The second-order valence-corrected chi connectivity index (χ2v) is 5.79. The number of hydrogen-bond acceptors (Lipinski definition) is 3. The first kappa shape index (κ1) is 16.3. The van der Waals surface area contributed by atoms with Gasteiger partial charge in [-0.1, -0.05) is 35.9 Å². The average Bonchev–Trinajstić information content (AvgIpc) is 2.62. The first-order valence-corrected chi connectivity index (χ1v) is 8.24. The first-order chi connectivity index (χ1) is 11.7. The van der Waals surface area contributed by atoms with E-state index < -0.39 is 0 Å². The van der Waals surface area contributed by atoms with Crippen LogP contribution in [0, 0.1) is 0 Å². The summed E-state index contributed by atoms with van der Waals surface area (Å²) < 4.78 is 5.61. The predicted octanol–water partition coefficient (Wildman–Crippen LogP) is 5.50. The third kappa shape index (κ3) is 3.36. The van der Waals surface area contributed by atoms with Gasteiger partial charge < -0.3 is 10.1 Å². The summed E-state index contributed by atoms with van der Waals surface area (Å²) in [6, 6.07) is 13.7. The van der Waals surface area contributed by atoms with Crippen molar-refractivity contribution < 1.29 is 4.74 Å². The van der Waals surface area contributed by atoms with Crippen molar-refractivity contribution in [1.82, 2.24) is 4.98 Å². The van der Waals surface area contributed by atoms with Crippen molar-refractivity contribution in [3.8, 4) is 5.75 Å². The Morgan fingerprint density at radius 3 is 2.67 bits per heavy atom. The summed E-state index contributed by atoms with van der Waals surface area (Å²) in [6.07, 6.45) is 5.91. The van der Waals surface area contributed by atoms with E-state index in [1.807, 2.05) is 48.7 Å². The van der Waals surface area contributed by atoms with Gasteiger partial charge in [-0.25, -0.2) is 0 Å². The zero-order chi connectivity index (χ0) is 16.9. The SMILES string of the molecule is CCNc1cc(OC)c(/C=C/c2ccc(Cl)cc2)c2cccnc12. The van der Waals surface area contributed by atoms with Crippen LogP contribution in [0.5, 0.6) is 5.75 Å². The molecule has 24 heavy (non-hydrogen) atoms. The van der Waals surface area contributed by atoms with Crippen molar-refractivity contribution in [2.24, 2.45) is 0 Å². The Kier molecular flexibility index (Phi) is 5.02. The van der Waals surface area contributed by atoms with Gasteiger partial charge in [-0.15, -0.1) is 0 Å². The van der Waals surface area contributed by atoms with E-state index in [2.05, 4.69) is 29.4 Å². The Labute approximate surface area is 146 Å². The maximum Gasteiger partial charge on any atom is 0.128 e. The second-order valence-electron chi connectivity index (χ2n) is 5.35. The van der Waals surface area contributed by atoms with Crippen molar-refractivity contribution >= 4 is 40.3 Å². The highest BCUT2D eigenvalue weighted by Crippen LogP contribution is 2.34. The molecule has 0 unspecified atom stereocenters. The van der Waals surface area contributed by atoms with Gasteiger partial charge in [0.15, 0.2) is 0 Å². The lowest BCUT2D eigenvalue weighted by Crippen LogP contribution is -2.00. The molecule has 0 spiro atoms. The number of ether oxygens (including phenoxy) is 1. The number of rotatable bonds is 5. The molecule has 0 aliphatic carbocycles. The Hall–Kier alpha value is -2.52. The molecule has 0 saturated carbocycles. The van der Waals surface area contributed by atoms with Crippen LogP contribution in [-0.2, 0) is 0 Å². The molecule has 3 rings (SSSR count). The number of anilines is 1. The number of halogens is 1. The van der Waals surface area contributed by atoms with Crippen molar-refractivity contribution in [2.75, 3.05) is 19.0 Å². The predicted molar refractivity (Wildman–Crippen MR) is 103 cm³/mol. The molecule has 122 valence electrons. The minimum atomic E-state index is 0.731. The van der Waals surface area contributed by atoms with Gasteiger partial charge in [-0.3, -0.25) is 4.98 Å². The van der Waals surface area contributed by atoms with E-state index in [-0.39, 0.29) is 0 Å². The molecule has 0 amide bonds. The van der Waals surface area contributed by atoms with Gasteiger partial charge in [0.25, 0.3) is 0 Å². The van der Waals surface area contributed by atoms with E-state index in [1.54, 1.807) is 7.11 Å². The molecule has 0 bridgehead atoms. The summed E-state index contributed by atoms with van der Waals surface area (Å²) >= 11 is 5.94. The maximum absolute atomic E-state index is 5.94. The normalized spacial score (nSPS) is 11.1. The third-order valence-corrected chi connectivity index (χ3v) is 4.05. The largest absolute Gasteiger partial charge is 0.496 e. The Bertz CT molecular complexity index is 873. The Balaban J connectivity index is 2.12. The summed E-state index contributed by atoms with van der Waals surface area (Å²) in [5, 5.41) is 5.14. The summed E-state index contributed by atoms with van der Waals surface area (Å²) in [6.45, 7) is 2.89. The van der Waals surface area contributed by atoms with E-state index in [4.69, 9.17) is 16.3 Å². The molecule has 0 fully saturated rings. The molecule has 1 aromatic heterocycles. The van der Waals surface area contributed by atoms with Crippen LogP contribution >= 0.6 is 11.6 Å². The summed E-state index contributed by atoms with van der Waals surface area (Å²) in [5.41, 5.74) is 4.01. The van der Waals surface area contributed by atoms with Gasteiger partial charge in [0.1, 0.15) is 5.75 Å². The van der Waals surface area contributed by atoms with Gasteiger partial charge in [-0.05, 0) is 36.8 Å². The highest BCUT2D eigenvalue weighted by molar-refractivity contribution is 6.30. The molecule has 1 N–H and O–H groups in total. The van der Waals surface area contributed by atoms with Crippen LogP contribution < -0.4 is 10.1 Å². The quantitative estimate of drug-likeness (QED) is 0.624. The molecule has 3 nitrogen and oxygen atoms in total. The Morgan fingerprint density at radius 1 is 1.17 bits per heavy atom. The molecule has 4 heteroatoms. The van der Waals surface area contributed by atoms with Crippen LogP contribution in [0.25, 0.3) is 23.1 Å². The van der Waals surface area contributed by atoms with Crippen LogP contribution in [-0.4, -0.2) is 18.6 Å². The zero-order valence-electron chi connectivity index (χ0n) is 13.7. The van der Waals surface area contributed by atoms with E-state index in [0.29, 0.717) is 0 Å². The van der Waals surface area contributed by atoms with E-state index >= 15 is 0 Å². The number of aromatic nitrogens is 1. The minimum Gasteiger partial charge on any atom is -0.496 e. The van der Waals surface area contributed by atoms with Crippen LogP contribution in [0.15, 0.2) is 48.7 Å². The highest BCUT2D eigenvalue weighted by Gasteiger charge is 2.11. The van der Waals surface area contributed by atoms with Crippen molar-refractivity contribution in [3.63, 3.8) is 0 Å². The lowest BCUT2D eigenvalue weighted by molar-refractivity contribution is 0.414. The highest BCUT2D eigenvalue weighted by atomic mass is 35.5. The first-order valence-electron chi connectivity index (χ1n) is 7.86. The lowest BCUT2D eigenvalue weighted by Gasteiger charge is -2.13. The number of fused-ring (bicyclic) bond motifs is 1. The van der Waals surface area contributed by atoms with Crippen molar-refractivity contribution in [1.29, 1.82) is 0 Å². The van der Waals surface area contributed by atoms with Crippen molar-refractivity contribution in [3.05, 3.63) is 64.8 Å². The fourth-order valence-electron chi connectivity index (χ4n) is 2.67. The van der Waals surface area contributed by atoms with E-state index in [9.17, 15) is 0 Å². The molecule has 2 aromatic carbocycles. The standard InChI is InChI=1S/C20H19ClN2O/c1-3-22-18-13-19(24-2)16(17-5-4-12-23-20(17)18)11-8-14-6-9-15(21)10-7-14/h4-13,22H,3H2,1-2H3/b11-8+. The van der Waals surface area contributed by atoms with Gasteiger partial charge in [0.2, 0.25) is 0 Å². The lowest BCUT2D eigenvalue weighted by atomic mass is 10.0. The molecule has 0 aliphatic heterocycles. The smallest absolute Gasteiger partial charge is 0.128 e. The van der Waals surface area contributed by atoms with E-state index in [0.717, 1.165) is 45.0 Å². The third-order valence-electron chi connectivity index (χ3n) is 3.79. The Morgan fingerprint density at radius 2 is 1.96 bits per heavy atom. The number of methoxy groups -OCH3 is 1. The molecule has 0 radical (unpaired) electrons. The van der Waals surface area contributed by atoms with Crippen molar-refractivity contribution in [2.45, 2.75) is 6.92 Å². The number of benzene rings is 2. The van der Waals surface area contributed by atoms with Gasteiger partial charge >= 0.3 is 0 Å². The fraction of sp³-hybridized carbons (Fsp3) is 0.150. The number of nitrogens with zero attached hydrogens (tertiary/aromatic N) is 1. The van der Waals surface area contributed by atoms with Gasteiger partial charge in [0, 0.05) is 34.8 Å². The maximum atomic E-state index is 5.94. The van der Waals surface area contributed by atoms with Gasteiger partial charge in [-0.2, -0.15) is 0 Å². The molecule has 0 saturated heterocycles. The van der Waals surface area contributed by atoms with Crippen LogP contribution in [0.3, 0.4) is 0 Å². The molecule has 3 aromatic rings. The zero-order valence-corrected chi connectivity index (χ0v) is 14.5. The molecule has 1 heterocycles. The van der Waals surface area contributed by atoms with Crippen LogP contribution in [0.1, 0.15) is 18.1 Å². The topological polar surface area (TPSA) is 34.1 Å². The summed E-state index contributed by atoms with van der Waals surface area (Å²) in [4.78, 5) is 4.53. The molecule has 0 aliphatic rings. The average molecular weight is 339 g/mol. The van der Waals surface area contributed by atoms with E-state index in [1.165, 1.54) is 0 Å². The number of hydrogen-bond donors (Lipinski definition) is 1. The molecule has 0 atom stereocenters. The summed E-state index contributed by atoms with van der Waals surface area (Å²) in [7, 11) is 1.69. The van der Waals surface area contributed by atoms with Gasteiger partial charge in [0.05, 0.1) is 18.3 Å². The number of nitrogens with one attached hydrogen (secondary N) is 1.